The molecule has 1 unspecified atom stereocenters. The van der Waals surface area contributed by atoms with Crippen LogP contribution in [0.15, 0.2) is 36.7 Å². The largest absolute Gasteiger partial charge is 0.490 e. The summed E-state index contributed by atoms with van der Waals surface area (Å²) < 4.78 is 5.92. The van der Waals surface area contributed by atoms with Crippen molar-refractivity contribution in [2.24, 2.45) is 0 Å². The van der Waals surface area contributed by atoms with Crippen molar-refractivity contribution in [2.45, 2.75) is 32.4 Å². The van der Waals surface area contributed by atoms with Crippen LogP contribution in [0.2, 0.25) is 0 Å². The zero-order chi connectivity index (χ0) is 16.5. The smallest absolute Gasteiger partial charge is 0.225 e. The summed E-state index contributed by atoms with van der Waals surface area (Å²) >= 11 is 0. The third-order valence-corrected chi connectivity index (χ3v) is 5.11. The monoisotopic (exact) mass is 324 g/mol. The van der Waals surface area contributed by atoms with Gasteiger partial charge in [0.2, 0.25) is 5.95 Å². The summed E-state index contributed by atoms with van der Waals surface area (Å²) in [4.78, 5) is 13.5. The number of hydrogen-bond donors (Lipinski definition) is 0. The number of rotatable bonds is 3. The average molecular weight is 324 g/mol. The zero-order valence-electron chi connectivity index (χ0n) is 14.4. The molecule has 2 aliphatic rings. The van der Waals surface area contributed by atoms with E-state index in [4.69, 9.17) is 4.74 Å². The van der Waals surface area contributed by atoms with E-state index >= 15 is 0 Å². The molecule has 1 fully saturated rings. The van der Waals surface area contributed by atoms with E-state index in [-0.39, 0.29) is 0 Å². The Morgan fingerprint density at radius 1 is 1.12 bits per heavy atom. The SMILES string of the molecule is CC(c1ccc2c(c1)O[C@H](C)C2)N1CCN(c2ncccn2)CC1. The van der Waals surface area contributed by atoms with Gasteiger partial charge in [-0.05, 0) is 37.1 Å². The summed E-state index contributed by atoms with van der Waals surface area (Å²) in [6.45, 7) is 8.39. The Balaban J connectivity index is 1.42. The number of nitrogens with zero attached hydrogens (tertiary/aromatic N) is 4. The van der Waals surface area contributed by atoms with E-state index < -0.39 is 0 Å². The molecule has 0 aliphatic carbocycles. The maximum Gasteiger partial charge on any atom is 0.225 e. The van der Waals surface area contributed by atoms with Crippen LogP contribution in [0, 0.1) is 0 Å². The minimum absolute atomic E-state index is 0.306. The van der Waals surface area contributed by atoms with Crippen LogP contribution < -0.4 is 9.64 Å². The van der Waals surface area contributed by atoms with Gasteiger partial charge in [-0.25, -0.2) is 9.97 Å². The Labute approximate surface area is 143 Å². The molecule has 2 aliphatic heterocycles. The summed E-state index contributed by atoms with van der Waals surface area (Å²) in [7, 11) is 0. The quantitative estimate of drug-likeness (QED) is 0.868. The highest BCUT2D eigenvalue weighted by atomic mass is 16.5. The molecule has 5 nitrogen and oxygen atoms in total. The summed E-state index contributed by atoms with van der Waals surface area (Å²) in [5, 5.41) is 0. The Hall–Kier alpha value is -2.14. The lowest BCUT2D eigenvalue weighted by atomic mass is 10.0. The highest BCUT2D eigenvalue weighted by Crippen LogP contribution is 2.33. The van der Waals surface area contributed by atoms with Gasteiger partial charge in [0, 0.05) is 51.0 Å². The number of benzene rings is 1. The van der Waals surface area contributed by atoms with Crippen LogP contribution in [-0.2, 0) is 6.42 Å². The lowest BCUT2D eigenvalue weighted by Crippen LogP contribution is -2.47. The Bertz CT molecular complexity index is 698. The van der Waals surface area contributed by atoms with Crippen molar-refractivity contribution in [3.63, 3.8) is 0 Å². The molecule has 0 radical (unpaired) electrons. The van der Waals surface area contributed by atoms with Gasteiger partial charge in [0.05, 0.1) is 0 Å². The predicted octanol–water partition coefficient (Wildman–Crippen LogP) is 2.68. The van der Waals surface area contributed by atoms with Gasteiger partial charge in [-0.1, -0.05) is 12.1 Å². The number of fused-ring (bicyclic) bond motifs is 1. The van der Waals surface area contributed by atoms with E-state index in [9.17, 15) is 0 Å². The highest BCUT2D eigenvalue weighted by Gasteiger charge is 2.25. The molecule has 0 saturated carbocycles. The fraction of sp³-hybridized carbons (Fsp3) is 0.474. The van der Waals surface area contributed by atoms with Crippen LogP contribution >= 0.6 is 0 Å². The molecule has 0 N–H and O–H groups in total. The minimum Gasteiger partial charge on any atom is -0.490 e. The van der Waals surface area contributed by atoms with Crippen molar-refractivity contribution < 1.29 is 4.74 Å². The summed E-state index contributed by atoms with van der Waals surface area (Å²) in [5.41, 5.74) is 2.68. The molecule has 2 aromatic rings. The molecule has 1 aromatic carbocycles. The minimum atomic E-state index is 0.306. The Morgan fingerprint density at radius 3 is 2.62 bits per heavy atom. The van der Waals surface area contributed by atoms with Gasteiger partial charge in [0.25, 0.3) is 0 Å². The second-order valence-electron chi connectivity index (χ2n) is 6.75. The van der Waals surface area contributed by atoms with Crippen molar-refractivity contribution >= 4 is 5.95 Å². The van der Waals surface area contributed by atoms with Gasteiger partial charge < -0.3 is 9.64 Å². The van der Waals surface area contributed by atoms with E-state index in [0.717, 1.165) is 44.3 Å². The molecule has 126 valence electrons. The first kappa shape index (κ1) is 15.4. The molecule has 0 amide bonds. The lowest BCUT2D eigenvalue weighted by Gasteiger charge is -2.38. The van der Waals surface area contributed by atoms with Crippen LogP contribution in [0.1, 0.15) is 31.0 Å². The summed E-state index contributed by atoms with van der Waals surface area (Å²) in [6.07, 6.45) is 4.95. The van der Waals surface area contributed by atoms with Gasteiger partial charge >= 0.3 is 0 Å². The number of aromatic nitrogens is 2. The standard InChI is InChI=1S/C19H24N4O/c1-14-12-17-5-4-16(13-18(17)24-14)15(2)22-8-10-23(11-9-22)19-20-6-3-7-21-19/h3-7,13-15H,8-12H2,1-2H3/t14-,15?/m1/s1. The van der Waals surface area contributed by atoms with Crippen molar-refractivity contribution in [2.75, 3.05) is 31.1 Å². The summed E-state index contributed by atoms with van der Waals surface area (Å²) in [6, 6.07) is 8.99. The Kier molecular flexibility index (Phi) is 4.10. The molecule has 1 saturated heterocycles. The molecule has 2 atom stereocenters. The Morgan fingerprint density at radius 2 is 1.88 bits per heavy atom. The second kappa shape index (κ2) is 6.40. The van der Waals surface area contributed by atoms with Crippen LogP contribution in [-0.4, -0.2) is 47.2 Å². The molecular formula is C19H24N4O. The van der Waals surface area contributed by atoms with Gasteiger partial charge in [-0.2, -0.15) is 0 Å². The molecular weight excluding hydrogens is 300 g/mol. The maximum atomic E-state index is 5.92. The number of anilines is 1. The van der Waals surface area contributed by atoms with E-state index in [0.29, 0.717) is 12.1 Å². The number of hydrogen-bond acceptors (Lipinski definition) is 5. The zero-order valence-corrected chi connectivity index (χ0v) is 14.4. The van der Waals surface area contributed by atoms with Crippen molar-refractivity contribution in [3.8, 4) is 5.75 Å². The normalized spacial score (nSPS) is 22.1. The van der Waals surface area contributed by atoms with Crippen LogP contribution in [0.3, 0.4) is 0 Å². The number of ether oxygens (including phenoxy) is 1. The third-order valence-electron chi connectivity index (χ3n) is 5.11. The third kappa shape index (κ3) is 2.96. The topological polar surface area (TPSA) is 41.5 Å². The second-order valence-corrected chi connectivity index (χ2v) is 6.75. The molecule has 0 bridgehead atoms. The molecule has 0 spiro atoms. The van der Waals surface area contributed by atoms with Gasteiger partial charge in [0.1, 0.15) is 11.9 Å². The van der Waals surface area contributed by atoms with Crippen LogP contribution in [0.4, 0.5) is 5.95 Å². The first-order valence-electron chi connectivity index (χ1n) is 8.76. The molecule has 24 heavy (non-hydrogen) atoms. The summed E-state index contributed by atoms with van der Waals surface area (Å²) in [5.74, 6) is 1.91. The predicted molar refractivity (Wildman–Crippen MR) is 94.5 cm³/mol. The maximum absolute atomic E-state index is 5.92. The first-order valence-corrected chi connectivity index (χ1v) is 8.76. The van der Waals surface area contributed by atoms with Crippen LogP contribution in [0.25, 0.3) is 0 Å². The molecule has 1 aromatic heterocycles. The van der Waals surface area contributed by atoms with Gasteiger partial charge in [-0.3, -0.25) is 4.90 Å². The fourth-order valence-corrected chi connectivity index (χ4v) is 3.65. The van der Waals surface area contributed by atoms with E-state index in [2.05, 4.69) is 51.8 Å². The van der Waals surface area contributed by atoms with E-state index in [1.54, 1.807) is 0 Å². The first-order chi connectivity index (χ1) is 11.7. The molecule has 5 heteroatoms. The fourth-order valence-electron chi connectivity index (χ4n) is 3.65. The van der Waals surface area contributed by atoms with Crippen molar-refractivity contribution in [1.29, 1.82) is 0 Å². The highest BCUT2D eigenvalue weighted by molar-refractivity contribution is 5.42. The van der Waals surface area contributed by atoms with E-state index in [1.165, 1.54) is 11.1 Å². The molecule has 3 heterocycles. The van der Waals surface area contributed by atoms with Crippen molar-refractivity contribution in [1.82, 2.24) is 14.9 Å². The average Bonchev–Trinajstić information content (AvgIpc) is 3.01. The van der Waals surface area contributed by atoms with E-state index in [1.807, 2.05) is 18.5 Å². The number of piperazine rings is 1. The van der Waals surface area contributed by atoms with Crippen LogP contribution in [0.5, 0.6) is 5.75 Å². The van der Waals surface area contributed by atoms with Crippen molar-refractivity contribution in [3.05, 3.63) is 47.8 Å². The van der Waals surface area contributed by atoms with Gasteiger partial charge in [-0.15, -0.1) is 0 Å². The lowest BCUT2D eigenvalue weighted by molar-refractivity contribution is 0.197. The molecule has 4 rings (SSSR count). The van der Waals surface area contributed by atoms with Gasteiger partial charge in [0.15, 0.2) is 0 Å².